The predicted octanol–water partition coefficient (Wildman–Crippen LogP) is 4.95. The Kier molecular flexibility index (Phi) is 7.94. The number of nitrogens with zero attached hydrogens (tertiary/aromatic N) is 2. The minimum Gasteiger partial charge on any atom is -0.493 e. The highest BCUT2D eigenvalue weighted by atomic mass is 35.5. The molecule has 0 fully saturated rings. The Balaban J connectivity index is 1.71. The van der Waals surface area contributed by atoms with Crippen LogP contribution in [0.1, 0.15) is 23.1 Å². The number of aryl methyl sites for hydroxylation is 1. The first kappa shape index (κ1) is 23.5. The average Bonchev–Trinajstić information content (AvgIpc) is 3.17. The van der Waals surface area contributed by atoms with Crippen molar-refractivity contribution in [1.29, 1.82) is 0 Å². The van der Waals surface area contributed by atoms with Crippen LogP contribution in [-0.2, 0) is 23.0 Å². The van der Waals surface area contributed by atoms with Crippen LogP contribution in [0.25, 0.3) is 0 Å². The van der Waals surface area contributed by atoms with Crippen LogP contribution in [0.2, 0.25) is 5.02 Å². The van der Waals surface area contributed by atoms with E-state index in [1.807, 2.05) is 37.6 Å². The fourth-order valence-electron chi connectivity index (χ4n) is 3.08. The Labute approximate surface area is 192 Å². The molecule has 2 aromatic carbocycles. The molecule has 0 N–H and O–H groups in total. The van der Waals surface area contributed by atoms with Gasteiger partial charge in [0.05, 0.1) is 29.8 Å². The molecule has 0 unspecified atom stereocenters. The second-order valence-corrected chi connectivity index (χ2v) is 10.1. The quantitative estimate of drug-likeness (QED) is 0.411. The lowest BCUT2D eigenvalue weighted by molar-refractivity contribution is 0.297. The van der Waals surface area contributed by atoms with Crippen molar-refractivity contribution in [3.8, 4) is 11.5 Å². The molecule has 0 aliphatic carbocycles. The summed E-state index contributed by atoms with van der Waals surface area (Å²) < 4.78 is 38.8. The Bertz CT molecular complexity index is 1110. The van der Waals surface area contributed by atoms with Gasteiger partial charge in [-0.3, -0.25) is 0 Å². The highest BCUT2D eigenvalue weighted by Crippen LogP contribution is 2.30. The first-order valence-electron chi connectivity index (χ1n) is 9.79. The highest BCUT2D eigenvalue weighted by Gasteiger charge is 2.23. The molecule has 6 nitrogen and oxygen atoms in total. The molecule has 3 rings (SSSR count). The first-order valence-corrected chi connectivity index (χ1v) is 12.5. The normalized spacial score (nSPS) is 11.6. The molecule has 0 bridgehead atoms. The highest BCUT2D eigenvalue weighted by molar-refractivity contribution is 7.89. The number of sulfonamides is 1. The minimum absolute atomic E-state index is 0.212. The summed E-state index contributed by atoms with van der Waals surface area (Å²) in [5, 5.41) is 0.493. The predicted molar refractivity (Wildman–Crippen MR) is 124 cm³/mol. The van der Waals surface area contributed by atoms with Crippen molar-refractivity contribution < 1.29 is 17.9 Å². The summed E-state index contributed by atoms with van der Waals surface area (Å²) in [5.74, 6) is 1.19. The van der Waals surface area contributed by atoms with Crippen molar-refractivity contribution in [2.75, 3.05) is 20.3 Å². The number of thiazole rings is 1. The third-order valence-electron chi connectivity index (χ3n) is 4.82. The van der Waals surface area contributed by atoms with Crippen molar-refractivity contribution in [3.05, 3.63) is 69.1 Å². The monoisotopic (exact) mass is 480 g/mol. The van der Waals surface area contributed by atoms with E-state index in [1.54, 1.807) is 30.6 Å². The molecule has 0 aliphatic rings. The molecule has 0 radical (unpaired) electrons. The van der Waals surface area contributed by atoms with Gasteiger partial charge in [0.2, 0.25) is 10.0 Å². The van der Waals surface area contributed by atoms with Crippen LogP contribution < -0.4 is 9.47 Å². The number of methoxy groups -OCH3 is 1. The second kappa shape index (κ2) is 10.5. The molecule has 0 amide bonds. The van der Waals surface area contributed by atoms with Gasteiger partial charge in [-0.15, -0.1) is 11.3 Å². The zero-order valence-electron chi connectivity index (χ0n) is 17.7. The van der Waals surface area contributed by atoms with Crippen LogP contribution in [0.4, 0.5) is 0 Å². The van der Waals surface area contributed by atoms with Gasteiger partial charge in [-0.1, -0.05) is 24.6 Å². The number of hydrogen-bond acceptors (Lipinski definition) is 6. The van der Waals surface area contributed by atoms with Gasteiger partial charge in [-0.2, -0.15) is 4.31 Å². The fourth-order valence-corrected chi connectivity index (χ4v) is 5.40. The summed E-state index contributed by atoms with van der Waals surface area (Å²) in [4.78, 5) is 5.66. The van der Waals surface area contributed by atoms with Crippen molar-refractivity contribution in [2.24, 2.45) is 0 Å². The maximum absolute atomic E-state index is 13.0. The molecule has 1 aromatic heterocycles. The minimum atomic E-state index is -3.64. The van der Waals surface area contributed by atoms with Gasteiger partial charge in [-0.05, 0) is 48.9 Å². The number of halogens is 1. The van der Waals surface area contributed by atoms with Gasteiger partial charge in [0.15, 0.2) is 11.5 Å². The number of hydrogen-bond donors (Lipinski definition) is 0. The van der Waals surface area contributed by atoms with Crippen LogP contribution in [-0.4, -0.2) is 38.0 Å². The zero-order chi connectivity index (χ0) is 22.4. The van der Waals surface area contributed by atoms with E-state index in [4.69, 9.17) is 21.1 Å². The largest absolute Gasteiger partial charge is 0.493 e. The molecule has 0 aliphatic heterocycles. The Hall–Kier alpha value is -2.13. The van der Waals surface area contributed by atoms with E-state index < -0.39 is 10.0 Å². The van der Waals surface area contributed by atoms with Gasteiger partial charge < -0.3 is 9.47 Å². The summed E-state index contributed by atoms with van der Waals surface area (Å²) in [6, 6.07) is 11.7. The lowest BCUT2D eigenvalue weighted by Gasteiger charge is -2.21. The molecule has 1 heterocycles. The molecule has 0 saturated heterocycles. The molecular formula is C22H25ClN2O4S2. The molecular weight excluding hydrogens is 456 g/mol. The molecule has 0 atom stereocenters. The van der Waals surface area contributed by atoms with Crippen LogP contribution in [0.5, 0.6) is 11.5 Å². The van der Waals surface area contributed by atoms with E-state index in [2.05, 4.69) is 4.98 Å². The Morgan fingerprint density at radius 1 is 1.13 bits per heavy atom. The van der Waals surface area contributed by atoms with E-state index in [0.717, 1.165) is 17.7 Å². The lowest BCUT2D eigenvalue weighted by Crippen LogP contribution is -2.30. The molecule has 31 heavy (non-hydrogen) atoms. The first-order chi connectivity index (χ1) is 14.8. The number of ether oxygens (including phenoxy) is 2. The van der Waals surface area contributed by atoms with Crippen LogP contribution in [0.15, 0.2) is 52.9 Å². The van der Waals surface area contributed by atoms with Crippen molar-refractivity contribution in [2.45, 2.75) is 31.7 Å². The number of benzene rings is 2. The zero-order valence-corrected chi connectivity index (χ0v) is 20.1. The Morgan fingerprint density at radius 3 is 2.48 bits per heavy atom. The molecule has 0 saturated carbocycles. The molecule has 166 valence electrons. The van der Waals surface area contributed by atoms with E-state index in [-0.39, 0.29) is 11.4 Å². The average molecular weight is 481 g/mol. The third-order valence-corrected chi connectivity index (χ3v) is 8.00. The van der Waals surface area contributed by atoms with E-state index >= 15 is 0 Å². The standard InChI is InChI=1S/C22H25ClN2O4S2/c1-4-25(31(26,27)19-8-6-18(23)7-9-19)14-17-5-10-20(21(13-17)28-3)29-12-11-22-16(2)24-15-30-22/h5-10,13,15H,4,11-12,14H2,1-3H3. The maximum Gasteiger partial charge on any atom is 0.243 e. The smallest absolute Gasteiger partial charge is 0.243 e. The van der Waals surface area contributed by atoms with E-state index in [9.17, 15) is 8.42 Å². The maximum atomic E-state index is 13.0. The number of rotatable bonds is 10. The van der Waals surface area contributed by atoms with Crippen LogP contribution >= 0.6 is 22.9 Å². The van der Waals surface area contributed by atoms with Crippen molar-refractivity contribution >= 4 is 33.0 Å². The summed E-state index contributed by atoms with van der Waals surface area (Å²) in [6.07, 6.45) is 0.768. The van der Waals surface area contributed by atoms with Crippen LogP contribution in [0, 0.1) is 6.92 Å². The number of aromatic nitrogens is 1. The second-order valence-electron chi connectivity index (χ2n) is 6.83. The van der Waals surface area contributed by atoms with Gasteiger partial charge >= 0.3 is 0 Å². The van der Waals surface area contributed by atoms with E-state index in [1.165, 1.54) is 21.3 Å². The lowest BCUT2D eigenvalue weighted by atomic mass is 10.2. The molecule has 3 aromatic rings. The third kappa shape index (κ3) is 5.77. The topological polar surface area (TPSA) is 68.7 Å². The molecule has 9 heteroatoms. The summed E-state index contributed by atoms with van der Waals surface area (Å²) in [6.45, 7) is 4.85. The molecule has 0 spiro atoms. The van der Waals surface area contributed by atoms with Gasteiger partial charge in [0, 0.05) is 29.4 Å². The summed E-state index contributed by atoms with van der Waals surface area (Å²) >= 11 is 7.50. The fraction of sp³-hybridized carbons (Fsp3) is 0.318. The van der Waals surface area contributed by atoms with Gasteiger partial charge in [0.25, 0.3) is 0 Å². The summed E-state index contributed by atoms with van der Waals surface area (Å²) in [5.41, 5.74) is 3.66. The SMILES string of the molecule is CCN(Cc1ccc(OCCc2scnc2C)c(OC)c1)S(=O)(=O)c1ccc(Cl)cc1. The van der Waals surface area contributed by atoms with Gasteiger partial charge in [-0.25, -0.2) is 13.4 Å². The van der Waals surface area contributed by atoms with Gasteiger partial charge in [0.1, 0.15) is 0 Å². The van der Waals surface area contributed by atoms with Crippen molar-refractivity contribution in [3.63, 3.8) is 0 Å². The van der Waals surface area contributed by atoms with Crippen LogP contribution in [0.3, 0.4) is 0 Å². The Morgan fingerprint density at radius 2 is 1.87 bits per heavy atom. The van der Waals surface area contributed by atoms with Crippen molar-refractivity contribution in [1.82, 2.24) is 9.29 Å². The summed E-state index contributed by atoms with van der Waals surface area (Å²) in [7, 11) is -2.07. The van der Waals surface area contributed by atoms with E-state index in [0.29, 0.717) is 29.7 Å².